The van der Waals surface area contributed by atoms with Crippen molar-refractivity contribution < 1.29 is 16.8 Å². The Hall–Kier alpha value is -2.11. The lowest BCUT2D eigenvalue weighted by Crippen LogP contribution is -2.08. The maximum absolute atomic E-state index is 12.4. The third-order valence-corrected chi connectivity index (χ3v) is 9.39. The van der Waals surface area contributed by atoms with Crippen LogP contribution in [0.15, 0.2) is 70.5 Å². The van der Waals surface area contributed by atoms with Crippen LogP contribution in [0.1, 0.15) is 28.2 Å². The summed E-state index contributed by atoms with van der Waals surface area (Å²) in [6.07, 6.45) is 0. The summed E-state index contributed by atoms with van der Waals surface area (Å²) in [4.78, 5) is 8.12. The van der Waals surface area contributed by atoms with Crippen molar-refractivity contribution in [2.45, 2.75) is 43.2 Å². The van der Waals surface area contributed by atoms with Crippen LogP contribution in [0.2, 0.25) is 20.1 Å². The van der Waals surface area contributed by atoms with Gasteiger partial charge in [-0.1, -0.05) is 46.4 Å². The SMILES string of the molecule is Cc1cc(C)nc(CS(=O)(=O)c2cc(Cl)ccc2Cl)c1.Cc1cc(C)nc(N)c1.O=S(=O)(Cl)c1cc(Cl)ccc1Cl. The second-order valence-corrected chi connectivity index (χ2v) is 15.0. The zero-order valence-electron chi connectivity index (χ0n) is 22.3. The fourth-order valence-corrected chi connectivity index (χ4v) is 7.32. The van der Waals surface area contributed by atoms with Crippen LogP contribution < -0.4 is 5.73 Å². The smallest absolute Gasteiger partial charge is 0.262 e. The highest BCUT2D eigenvalue weighted by molar-refractivity contribution is 8.13. The van der Waals surface area contributed by atoms with Crippen LogP contribution in [0.5, 0.6) is 0 Å². The maximum Gasteiger partial charge on any atom is 0.262 e. The van der Waals surface area contributed by atoms with E-state index in [-0.39, 0.29) is 30.6 Å². The fourth-order valence-electron chi connectivity index (χ4n) is 3.52. The second-order valence-electron chi connectivity index (χ2n) is 8.83. The summed E-state index contributed by atoms with van der Waals surface area (Å²) < 4.78 is 46.5. The van der Waals surface area contributed by atoms with Crippen molar-refractivity contribution in [3.05, 3.63) is 109 Å². The Kier molecular flexibility index (Phi) is 12.7. The molecule has 220 valence electrons. The Morgan fingerprint density at radius 3 is 1.56 bits per heavy atom. The number of pyridine rings is 2. The number of nitrogens with two attached hydrogens (primary N) is 1. The summed E-state index contributed by atoms with van der Waals surface area (Å²) in [6.45, 7) is 7.67. The summed E-state index contributed by atoms with van der Waals surface area (Å²) in [5.41, 5.74) is 9.85. The van der Waals surface area contributed by atoms with Gasteiger partial charge in [0.25, 0.3) is 9.05 Å². The van der Waals surface area contributed by atoms with Gasteiger partial charge in [-0.15, -0.1) is 0 Å². The number of hydrogen-bond acceptors (Lipinski definition) is 7. The van der Waals surface area contributed by atoms with Crippen molar-refractivity contribution in [1.29, 1.82) is 0 Å². The highest BCUT2D eigenvalue weighted by Gasteiger charge is 2.20. The number of nitrogen functional groups attached to an aromatic ring is 1. The Labute approximate surface area is 264 Å². The van der Waals surface area contributed by atoms with Gasteiger partial charge in [-0.2, -0.15) is 0 Å². The molecule has 4 rings (SSSR count). The van der Waals surface area contributed by atoms with Gasteiger partial charge >= 0.3 is 0 Å². The number of aryl methyl sites for hydroxylation is 4. The molecule has 2 N–H and O–H groups in total. The average molecular weight is 698 g/mol. The highest BCUT2D eigenvalue weighted by atomic mass is 35.7. The van der Waals surface area contributed by atoms with E-state index in [0.29, 0.717) is 16.5 Å². The first kappa shape index (κ1) is 35.1. The summed E-state index contributed by atoms with van der Waals surface area (Å²) in [6, 6.07) is 15.9. The van der Waals surface area contributed by atoms with Crippen molar-refractivity contribution >= 4 is 81.8 Å². The van der Waals surface area contributed by atoms with Crippen LogP contribution in [0, 0.1) is 27.7 Å². The standard InChI is InChI=1S/C14H13Cl2NO2S.C7H10N2.C6H3Cl3O2S/c1-9-5-10(2)17-12(6-9)8-20(18,19)14-7-11(15)3-4-13(14)16;1-5-3-6(2)9-7(8)4-5;7-4-1-2-5(8)6(3-4)12(9,10)11/h3-7H,8H2,1-2H3;3-4H,1-2H3,(H2,8,9);1-3H. The van der Waals surface area contributed by atoms with Crippen LogP contribution in [0.25, 0.3) is 0 Å². The molecule has 0 atom stereocenters. The molecular weight excluding hydrogens is 672 g/mol. The molecule has 0 bridgehead atoms. The lowest BCUT2D eigenvalue weighted by atomic mass is 10.2. The summed E-state index contributed by atoms with van der Waals surface area (Å²) in [5.74, 6) is 0.405. The Balaban J connectivity index is 0.000000237. The number of hydrogen-bond donors (Lipinski definition) is 1. The van der Waals surface area contributed by atoms with Crippen LogP contribution in [0.3, 0.4) is 0 Å². The minimum absolute atomic E-state index is 0.0348. The van der Waals surface area contributed by atoms with Gasteiger partial charge in [0, 0.05) is 32.1 Å². The summed E-state index contributed by atoms with van der Waals surface area (Å²) >= 11 is 22.9. The van der Waals surface area contributed by atoms with Crippen LogP contribution in [-0.2, 0) is 24.6 Å². The largest absolute Gasteiger partial charge is 0.384 e. The summed E-state index contributed by atoms with van der Waals surface area (Å²) in [7, 11) is -2.31. The van der Waals surface area contributed by atoms with Gasteiger partial charge in [-0.25, -0.2) is 21.8 Å². The lowest BCUT2D eigenvalue weighted by molar-refractivity contribution is 0.594. The van der Waals surface area contributed by atoms with Crippen molar-refractivity contribution in [2.24, 2.45) is 0 Å². The minimum Gasteiger partial charge on any atom is -0.384 e. The predicted octanol–water partition coefficient (Wildman–Crippen LogP) is 8.18. The molecular formula is C27H26Cl5N3O4S2. The predicted molar refractivity (Wildman–Crippen MR) is 169 cm³/mol. The van der Waals surface area contributed by atoms with Crippen LogP contribution in [0.4, 0.5) is 5.82 Å². The Morgan fingerprint density at radius 1 is 0.659 bits per heavy atom. The molecule has 7 nitrogen and oxygen atoms in total. The zero-order valence-corrected chi connectivity index (χ0v) is 27.7. The molecule has 0 aliphatic heterocycles. The van der Waals surface area contributed by atoms with Gasteiger partial charge in [0.1, 0.15) is 10.7 Å². The zero-order chi connectivity index (χ0) is 31.1. The molecule has 2 aromatic carbocycles. The summed E-state index contributed by atoms with van der Waals surface area (Å²) in [5, 5.41) is 0.841. The molecule has 0 amide bonds. The number of sulfone groups is 1. The van der Waals surface area contributed by atoms with E-state index < -0.39 is 18.9 Å². The van der Waals surface area contributed by atoms with E-state index in [0.717, 1.165) is 17.0 Å². The number of halogens is 5. The van der Waals surface area contributed by atoms with E-state index in [1.165, 1.54) is 35.9 Å². The van der Waals surface area contributed by atoms with Crippen molar-refractivity contribution in [1.82, 2.24) is 9.97 Å². The third kappa shape index (κ3) is 11.6. The number of benzene rings is 2. The van der Waals surface area contributed by atoms with Crippen molar-refractivity contribution in [3.63, 3.8) is 0 Å². The molecule has 2 aromatic heterocycles. The van der Waals surface area contributed by atoms with E-state index in [1.54, 1.807) is 12.1 Å². The van der Waals surface area contributed by atoms with Gasteiger partial charge < -0.3 is 5.73 Å². The molecule has 0 unspecified atom stereocenters. The van der Waals surface area contributed by atoms with Gasteiger partial charge in [-0.3, -0.25) is 4.98 Å². The Bertz CT molecular complexity index is 1700. The number of aromatic nitrogens is 2. The molecule has 0 saturated heterocycles. The number of anilines is 1. The molecule has 0 saturated carbocycles. The molecule has 4 aromatic rings. The lowest BCUT2D eigenvalue weighted by Gasteiger charge is -2.08. The quantitative estimate of drug-likeness (QED) is 0.214. The molecule has 0 fully saturated rings. The van der Waals surface area contributed by atoms with Crippen LogP contribution >= 0.6 is 57.1 Å². The average Bonchev–Trinajstić information content (AvgIpc) is 2.80. The topological polar surface area (TPSA) is 120 Å². The highest BCUT2D eigenvalue weighted by Crippen LogP contribution is 2.28. The van der Waals surface area contributed by atoms with Gasteiger partial charge in [0.15, 0.2) is 9.84 Å². The molecule has 2 heterocycles. The van der Waals surface area contributed by atoms with E-state index >= 15 is 0 Å². The first-order valence-corrected chi connectivity index (χ1v) is 17.1. The number of rotatable bonds is 4. The van der Waals surface area contributed by atoms with E-state index in [4.69, 9.17) is 62.8 Å². The Morgan fingerprint density at radius 2 is 1.12 bits per heavy atom. The maximum atomic E-state index is 12.4. The van der Waals surface area contributed by atoms with Gasteiger partial charge in [0.2, 0.25) is 0 Å². The van der Waals surface area contributed by atoms with E-state index in [9.17, 15) is 16.8 Å². The minimum atomic E-state index is -3.80. The van der Waals surface area contributed by atoms with Gasteiger partial charge in [0.05, 0.1) is 26.4 Å². The monoisotopic (exact) mass is 695 g/mol. The van der Waals surface area contributed by atoms with Crippen LogP contribution in [-0.4, -0.2) is 26.8 Å². The molecule has 0 aliphatic carbocycles. The third-order valence-electron chi connectivity index (χ3n) is 4.99. The molecule has 14 heteroatoms. The molecule has 0 radical (unpaired) electrons. The van der Waals surface area contributed by atoms with Gasteiger partial charge in [-0.05, 0) is 99.5 Å². The second kappa shape index (κ2) is 14.9. The number of nitrogens with zero attached hydrogens (tertiary/aromatic N) is 2. The first-order chi connectivity index (χ1) is 18.9. The van der Waals surface area contributed by atoms with E-state index in [2.05, 4.69) is 9.97 Å². The first-order valence-electron chi connectivity index (χ1n) is 11.6. The normalized spacial score (nSPS) is 11.1. The van der Waals surface area contributed by atoms with Crippen molar-refractivity contribution in [2.75, 3.05) is 5.73 Å². The molecule has 0 spiro atoms. The van der Waals surface area contributed by atoms with E-state index in [1.807, 2.05) is 45.9 Å². The van der Waals surface area contributed by atoms with Crippen molar-refractivity contribution in [3.8, 4) is 0 Å². The molecule has 41 heavy (non-hydrogen) atoms. The molecule has 0 aliphatic rings. The fraction of sp³-hybridized carbons (Fsp3) is 0.185.